The first-order valence-electron chi connectivity index (χ1n) is 4.61. The second-order valence-electron chi connectivity index (χ2n) is 3.78. The van der Waals surface area contributed by atoms with E-state index in [1.165, 1.54) is 6.42 Å². The van der Waals surface area contributed by atoms with Crippen molar-refractivity contribution in [3.63, 3.8) is 0 Å². The van der Waals surface area contributed by atoms with Gasteiger partial charge in [-0.15, -0.1) is 0 Å². The normalized spacial score (nSPS) is 36.8. The lowest BCUT2D eigenvalue weighted by Crippen LogP contribution is -2.48. The molecule has 0 spiro atoms. The molecule has 0 unspecified atom stereocenters. The molecule has 66 valence electrons. The van der Waals surface area contributed by atoms with E-state index in [0.717, 1.165) is 19.3 Å². The van der Waals surface area contributed by atoms with Gasteiger partial charge in [-0.3, -0.25) is 0 Å². The zero-order valence-electron chi connectivity index (χ0n) is 7.28. The maximum Gasteiger partial charge on any atom is 0.114 e. The van der Waals surface area contributed by atoms with Crippen molar-refractivity contribution in [2.75, 3.05) is 0 Å². The van der Waals surface area contributed by atoms with E-state index in [1.807, 2.05) is 0 Å². The van der Waals surface area contributed by atoms with Crippen LogP contribution >= 0.6 is 0 Å². The molecule has 1 nitrogen and oxygen atoms in total. The van der Waals surface area contributed by atoms with Crippen molar-refractivity contribution >= 4 is 0 Å². The number of unbranched alkanes of at least 4 members (excludes halogenated alkanes) is 2. The van der Waals surface area contributed by atoms with Gasteiger partial charge in [0.05, 0.1) is 0 Å². The lowest BCUT2D eigenvalue weighted by atomic mass is 9.75. The van der Waals surface area contributed by atoms with E-state index < -0.39 is 5.67 Å². The van der Waals surface area contributed by atoms with Crippen LogP contribution < -0.4 is 5.73 Å². The number of hydrogen-bond acceptors (Lipinski definition) is 1. The fraction of sp³-hybridized carbons (Fsp3) is 1.00. The van der Waals surface area contributed by atoms with E-state index >= 15 is 0 Å². The van der Waals surface area contributed by atoms with Crippen molar-refractivity contribution < 1.29 is 4.39 Å². The minimum absolute atomic E-state index is 0.140. The van der Waals surface area contributed by atoms with Gasteiger partial charge in [-0.1, -0.05) is 26.2 Å². The molecule has 0 aromatic heterocycles. The van der Waals surface area contributed by atoms with E-state index in [0.29, 0.717) is 12.8 Å². The molecule has 1 saturated carbocycles. The molecule has 1 aliphatic rings. The molecule has 11 heavy (non-hydrogen) atoms. The summed E-state index contributed by atoms with van der Waals surface area (Å²) < 4.78 is 13.4. The van der Waals surface area contributed by atoms with Crippen LogP contribution in [0.4, 0.5) is 4.39 Å². The predicted molar refractivity (Wildman–Crippen MR) is 45.2 cm³/mol. The maximum atomic E-state index is 13.4. The van der Waals surface area contributed by atoms with E-state index in [9.17, 15) is 4.39 Å². The summed E-state index contributed by atoms with van der Waals surface area (Å²) in [5.74, 6) is 0. The summed E-state index contributed by atoms with van der Waals surface area (Å²) in [4.78, 5) is 0. The van der Waals surface area contributed by atoms with Gasteiger partial charge in [0.15, 0.2) is 0 Å². The first-order valence-corrected chi connectivity index (χ1v) is 4.61. The summed E-state index contributed by atoms with van der Waals surface area (Å²) in [6.45, 7) is 2.14. The van der Waals surface area contributed by atoms with Crippen molar-refractivity contribution in [2.24, 2.45) is 5.73 Å². The lowest BCUT2D eigenvalue weighted by molar-refractivity contribution is 0.0325. The molecule has 2 heteroatoms. The molecule has 0 heterocycles. The van der Waals surface area contributed by atoms with Gasteiger partial charge >= 0.3 is 0 Å². The van der Waals surface area contributed by atoms with E-state index in [2.05, 4.69) is 6.92 Å². The Hall–Kier alpha value is -0.110. The van der Waals surface area contributed by atoms with E-state index in [4.69, 9.17) is 5.73 Å². The Labute approximate surface area is 68.2 Å². The lowest BCUT2D eigenvalue weighted by Gasteiger charge is -2.39. The molecule has 0 amide bonds. The van der Waals surface area contributed by atoms with Crippen LogP contribution in [-0.4, -0.2) is 11.7 Å². The smallest absolute Gasteiger partial charge is 0.114 e. The Morgan fingerprint density at radius 2 is 2.09 bits per heavy atom. The van der Waals surface area contributed by atoms with Crippen LogP contribution in [0.2, 0.25) is 0 Å². The van der Waals surface area contributed by atoms with Crippen molar-refractivity contribution in [3.05, 3.63) is 0 Å². The number of halogens is 1. The highest BCUT2D eigenvalue weighted by molar-refractivity contribution is 4.96. The molecule has 0 aromatic carbocycles. The summed E-state index contributed by atoms with van der Waals surface area (Å²) in [6.07, 6.45) is 5.27. The summed E-state index contributed by atoms with van der Waals surface area (Å²) in [6, 6.07) is 0.140. The third-order valence-electron chi connectivity index (χ3n) is 2.48. The summed E-state index contributed by atoms with van der Waals surface area (Å²) in [5, 5.41) is 0. The highest BCUT2D eigenvalue weighted by Crippen LogP contribution is 2.39. The Morgan fingerprint density at radius 3 is 2.55 bits per heavy atom. The van der Waals surface area contributed by atoms with E-state index in [-0.39, 0.29) is 6.04 Å². The quantitative estimate of drug-likeness (QED) is 0.626. The largest absolute Gasteiger partial charge is 0.327 e. The number of nitrogens with two attached hydrogens (primary N) is 1. The second-order valence-corrected chi connectivity index (χ2v) is 3.78. The molecule has 1 rings (SSSR count). The van der Waals surface area contributed by atoms with Crippen LogP contribution in [0.5, 0.6) is 0 Å². The van der Waals surface area contributed by atoms with Crippen molar-refractivity contribution in [3.8, 4) is 0 Å². The van der Waals surface area contributed by atoms with Crippen molar-refractivity contribution in [1.29, 1.82) is 0 Å². The zero-order valence-corrected chi connectivity index (χ0v) is 7.28. The topological polar surface area (TPSA) is 26.0 Å². The molecule has 0 radical (unpaired) electrons. The molecule has 2 N–H and O–H groups in total. The third kappa shape index (κ3) is 2.44. The molecule has 0 saturated heterocycles. The maximum absolute atomic E-state index is 13.4. The van der Waals surface area contributed by atoms with Gasteiger partial charge in [-0.2, -0.15) is 0 Å². The third-order valence-corrected chi connectivity index (χ3v) is 2.48. The average Bonchev–Trinajstić information content (AvgIpc) is 1.85. The highest BCUT2D eigenvalue weighted by Gasteiger charge is 2.41. The second kappa shape index (κ2) is 3.53. The number of alkyl halides is 1. The summed E-state index contributed by atoms with van der Waals surface area (Å²) in [5.41, 5.74) is 4.64. The van der Waals surface area contributed by atoms with Crippen LogP contribution in [0.15, 0.2) is 0 Å². The van der Waals surface area contributed by atoms with Crippen LogP contribution in [0.25, 0.3) is 0 Å². The minimum Gasteiger partial charge on any atom is -0.327 e. The molecule has 0 bridgehead atoms. The Morgan fingerprint density at radius 1 is 1.45 bits per heavy atom. The monoisotopic (exact) mass is 159 g/mol. The van der Waals surface area contributed by atoms with Gasteiger partial charge in [-0.25, -0.2) is 4.39 Å². The SMILES string of the molecule is CCCCCC1(F)CC(N)C1. The van der Waals surface area contributed by atoms with Crippen molar-refractivity contribution in [1.82, 2.24) is 0 Å². The molecule has 0 atom stereocenters. The fourth-order valence-electron chi connectivity index (χ4n) is 1.78. The van der Waals surface area contributed by atoms with Crippen LogP contribution in [0, 0.1) is 0 Å². The van der Waals surface area contributed by atoms with Gasteiger partial charge in [0.1, 0.15) is 5.67 Å². The number of hydrogen-bond donors (Lipinski definition) is 1. The zero-order chi connectivity index (χ0) is 8.32. The number of rotatable bonds is 4. The van der Waals surface area contributed by atoms with Crippen LogP contribution in [0.3, 0.4) is 0 Å². The Balaban J connectivity index is 2.07. The molecule has 0 aliphatic heterocycles. The molecular formula is C9H18FN. The van der Waals surface area contributed by atoms with Crippen molar-refractivity contribution in [2.45, 2.75) is 57.2 Å². The Kier molecular flexibility index (Phi) is 2.88. The van der Waals surface area contributed by atoms with Gasteiger partial charge < -0.3 is 5.73 Å². The first-order chi connectivity index (χ1) is 5.16. The summed E-state index contributed by atoms with van der Waals surface area (Å²) >= 11 is 0. The standard InChI is InChI=1S/C9H18FN/c1-2-3-4-5-9(10)6-8(11)7-9/h8H,2-7,11H2,1H3. The predicted octanol–water partition coefficient (Wildman–Crippen LogP) is 2.40. The molecule has 0 aromatic rings. The van der Waals surface area contributed by atoms with Gasteiger partial charge in [0, 0.05) is 6.04 Å². The molecule has 1 aliphatic carbocycles. The van der Waals surface area contributed by atoms with Crippen LogP contribution in [-0.2, 0) is 0 Å². The minimum atomic E-state index is -0.880. The van der Waals surface area contributed by atoms with Crippen LogP contribution in [0.1, 0.15) is 45.4 Å². The first kappa shape index (κ1) is 8.98. The molecular weight excluding hydrogens is 141 g/mol. The average molecular weight is 159 g/mol. The Bertz CT molecular complexity index is 119. The molecule has 1 fully saturated rings. The fourth-order valence-corrected chi connectivity index (χ4v) is 1.78. The van der Waals surface area contributed by atoms with Gasteiger partial charge in [0.25, 0.3) is 0 Å². The van der Waals surface area contributed by atoms with Gasteiger partial charge in [-0.05, 0) is 19.3 Å². The summed E-state index contributed by atoms with van der Waals surface area (Å²) in [7, 11) is 0. The van der Waals surface area contributed by atoms with Gasteiger partial charge in [0.2, 0.25) is 0 Å². The highest BCUT2D eigenvalue weighted by atomic mass is 19.1. The van der Waals surface area contributed by atoms with E-state index in [1.54, 1.807) is 0 Å².